The van der Waals surface area contributed by atoms with Crippen LogP contribution >= 0.6 is 15.9 Å². The molecule has 2 rings (SSSR count). The molecule has 7 heteroatoms. The number of anilines is 2. The fourth-order valence-electron chi connectivity index (χ4n) is 1.53. The molecule has 0 saturated heterocycles. The zero-order valence-corrected chi connectivity index (χ0v) is 11.8. The molecule has 0 saturated carbocycles. The van der Waals surface area contributed by atoms with Gasteiger partial charge in [0.05, 0.1) is 12.8 Å². The van der Waals surface area contributed by atoms with E-state index in [1.807, 2.05) is 0 Å². The van der Waals surface area contributed by atoms with Crippen LogP contribution in [0.15, 0.2) is 34.9 Å². The Labute approximate surface area is 118 Å². The predicted octanol–water partition coefficient (Wildman–Crippen LogP) is 1.88. The lowest BCUT2D eigenvalue weighted by Gasteiger charge is -2.09. The second-order valence-corrected chi connectivity index (χ2v) is 4.69. The molecule has 0 unspecified atom stereocenters. The normalized spacial score (nSPS) is 10.2. The van der Waals surface area contributed by atoms with Crippen LogP contribution in [-0.4, -0.2) is 22.8 Å². The highest BCUT2D eigenvalue weighted by molar-refractivity contribution is 9.10. The summed E-state index contributed by atoms with van der Waals surface area (Å²) in [4.78, 5) is 11.9. The van der Waals surface area contributed by atoms with Crippen molar-refractivity contribution in [2.45, 2.75) is 6.54 Å². The molecule has 0 spiro atoms. The van der Waals surface area contributed by atoms with Crippen LogP contribution < -0.4 is 15.8 Å². The molecule has 6 nitrogen and oxygen atoms in total. The number of nitrogens with two attached hydrogens (primary N) is 1. The van der Waals surface area contributed by atoms with Crippen molar-refractivity contribution in [3.05, 3.63) is 34.9 Å². The number of nitrogen functional groups attached to an aromatic ring is 1. The van der Waals surface area contributed by atoms with Crippen LogP contribution in [0.3, 0.4) is 0 Å². The molecule has 2 aromatic rings. The molecular formula is C12H13BrN4O2. The number of carbonyl (C=O) groups is 1. The molecule has 100 valence electrons. The Morgan fingerprint density at radius 2 is 2.32 bits per heavy atom. The highest BCUT2D eigenvalue weighted by atomic mass is 79.9. The quantitative estimate of drug-likeness (QED) is 0.899. The van der Waals surface area contributed by atoms with Crippen molar-refractivity contribution in [3.8, 4) is 5.75 Å². The second-order valence-electron chi connectivity index (χ2n) is 3.83. The zero-order chi connectivity index (χ0) is 13.8. The van der Waals surface area contributed by atoms with E-state index in [4.69, 9.17) is 10.5 Å². The summed E-state index contributed by atoms with van der Waals surface area (Å²) in [6.45, 7) is 0.0981. The first-order valence-corrected chi connectivity index (χ1v) is 6.30. The summed E-state index contributed by atoms with van der Waals surface area (Å²) in [7, 11) is 1.57. The Morgan fingerprint density at radius 1 is 1.53 bits per heavy atom. The minimum Gasteiger partial charge on any atom is -0.497 e. The number of nitrogens with zero attached hydrogens (tertiary/aromatic N) is 2. The van der Waals surface area contributed by atoms with Gasteiger partial charge in [0.1, 0.15) is 18.1 Å². The van der Waals surface area contributed by atoms with E-state index < -0.39 is 0 Å². The smallest absolute Gasteiger partial charge is 0.246 e. The first-order chi connectivity index (χ1) is 9.08. The van der Waals surface area contributed by atoms with Crippen LogP contribution in [0, 0.1) is 0 Å². The number of benzene rings is 1. The second kappa shape index (κ2) is 5.75. The minimum absolute atomic E-state index is 0.0981. The number of aromatic nitrogens is 2. The lowest BCUT2D eigenvalue weighted by molar-refractivity contribution is -0.116. The van der Waals surface area contributed by atoms with E-state index in [1.54, 1.807) is 37.6 Å². The number of rotatable bonds is 4. The van der Waals surface area contributed by atoms with Crippen molar-refractivity contribution in [3.63, 3.8) is 0 Å². The highest BCUT2D eigenvalue weighted by Gasteiger charge is 2.08. The highest BCUT2D eigenvalue weighted by Crippen LogP contribution is 2.27. The molecule has 1 heterocycles. The summed E-state index contributed by atoms with van der Waals surface area (Å²) in [5.41, 5.74) is 6.12. The van der Waals surface area contributed by atoms with E-state index in [9.17, 15) is 4.79 Å². The van der Waals surface area contributed by atoms with Crippen LogP contribution in [0.2, 0.25) is 0 Å². The molecule has 0 bridgehead atoms. The average molecular weight is 325 g/mol. The zero-order valence-electron chi connectivity index (χ0n) is 10.3. The number of nitrogens with one attached hydrogen (secondary N) is 1. The number of methoxy groups -OCH3 is 1. The summed E-state index contributed by atoms with van der Waals surface area (Å²) in [5, 5.41) is 6.72. The maximum absolute atomic E-state index is 11.9. The van der Waals surface area contributed by atoms with Crippen LogP contribution in [0.4, 0.5) is 11.5 Å². The monoisotopic (exact) mass is 324 g/mol. The van der Waals surface area contributed by atoms with E-state index >= 15 is 0 Å². The average Bonchev–Trinajstić information content (AvgIpc) is 2.77. The number of hydrogen-bond acceptors (Lipinski definition) is 4. The number of hydrogen-bond donors (Lipinski definition) is 2. The van der Waals surface area contributed by atoms with Crippen LogP contribution in [0.5, 0.6) is 5.75 Å². The van der Waals surface area contributed by atoms with Crippen molar-refractivity contribution < 1.29 is 9.53 Å². The van der Waals surface area contributed by atoms with Gasteiger partial charge in [-0.25, -0.2) is 0 Å². The predicted molar refractivity (Wildman–Crippen MR) is 76.0 cm³/mol. The van der Waals surface area contributed by atoms with E-state index in [1.165, 1.54) is 4.68 Å². The van der Waals surface area contributed by atoms with Crippen LogP contribution in [0.25, 0.3) is 0 Å². The maximum atomic E-state index is 11.9. The fraction of sp³-hybridized carbons (Fsp3) is 0.167. The molecule has 0 aliphatic carbocycles. The molecule has 0 aliphatic heterocycles. The molecule has 19 heavy (non-hydrogen) atoms. The first kappa shape index (κ1) is 13.4. The molecule has 0 fully saturated rings. The van der Waals surface area contributed by atoms with Gasteiger partial charge >= 0.3 is 0 Å². The molecule has 1 aromatic carbocycles. The number of amides is 1. The number of ether oxygens (including phenoxy) is 1. The third-order valence-corrected chi connectivity index (χ3v) is 3.11. The van der Waals surface area contributed by atoms with Gasteiger partial charge in [0.2, 0.25) is 5.91 Å². The molecule has 0 atom stereocenters. The minimum atomic E-state index is -0.197. The van der Waals surface area contributed by atoms with Gasteiger partial charge < -0.3 is 15.8 Å². The summed E-state index contributed by atoms with van der Waals surface area (Å²) in [6, 6.07) is 6.97. The molecule has 0 radical (unpaired) electrons. The third-order valence-electron chi connectivity index (χ3n) is 2.41. The summed E-state index contributed by atoms with van der Waals surface area (Å²) >= 11 is 3.36. The largest absolute Gasteiger partial charge is 0.497 e. The van der Waals surface area contributed by atoms with Crippen molar-refractivity contribution in [1.29, 1.82) is 0 Å². The Balaban J connectivity index is 2.06. The van der Waals surface area contributed by atoms with Gasteiger partial charge in [0.25, 0.3) is 0 Å². The van der Waals surface area contributed by atoms with Crippen LogP contribution in [0.1, 0.15) is 0 Å². The van der Waals surface area contributed by atoms with Gasteiger partial charge in [-0.15, -0.1) is 0 Å². The molecule has 0 aliphatic rings. The summed E-state index contributed by atoms with van der Waals surface area (Å²) < 4.78 is 7.36. The summed E-state index contributed by atoms with van der Waals surface area (Å²) in [6.07, 6.45) is 1.65. The molecule has 1 aromatic heterocycles. The van der Waals surface area contributed by atoms with Gasteiger partial charge in [-0.2, -0.15) is 5.10 Å². The first-order valence-electron chi connectivity index (χ1n) is 5.51. The van der Waals surface area contributed by atoms with Gasteiger partial charge in [-0.1, -0.05) is 0 Å². The Bertz CT molecular complexity index is 597. The third kappa shape index (κ3) is 3.47. The van der Waals surface area contributed by atoms with Crippen molar-refractivity contribution in [1.82, 2.24) is 9.78 Å². The Morgan fingerprint density at radius 3 is 2.95 bits per heavy atom. The van der Waals surface area contributed by atoms with Crippen molar-refractivity contribution >= 4 is 33.3 Å². The van der Waals surface area contributed by atoms with Crippen molar-refractivity contribution in [2.24, 2.45) is 0 Å². The van der Waals surface area contributed by atoms with Crippen molar-refractivity contribution in [2.75, 3.05) is 18.2 Å². The van der Waals surface area contributed by atoms with E-state index in [0.717, 1.165) is 4.47 Å². The fourth-order valence-corrected chi connectivity index (χ4v) is 1.88. The SMILES string of the molecule is COc1ccc(Br)c(NC(=O)Cn2ccc(N)n2)c1. The summed E-state index contributed by atoms with van der Waals surface area (Å²) in [5.74, 6) is 0.856. The lowest BCUT2D eigenvalue weighted by Crippen LogP contribution is -2.19. The van der Waals surface area contributed by atoms with Gasteiger partial charge in [-0.3, -0.25) is 9.48 Å². The molecule has 3 N–H and O–H groups in total. The van der Waals surface area contributed by atoms with Gasteiger partial charge in [0.15, 0.2) is 0 Å². The topological polar surface area (TPSA) is 82.2 Å². The van der Waals surface area contributed by atoms with Gasteiger partial charge in [-0.05, 0) is 34.1 Å². The number of halogens is 1. The number of carbonyl (C=O) groups excluding carboxylic acids is 1. The van der Waals surface area contributed by atoms with E-state index in [-0.39, 0.29) is 12.5 Å². The Hall–Kier alpha value is -2.02. The van der Waals surface area contributed by atoms with Gasteiger partial charge in [0, 0.05) is 16.7 Å². The lowest BCUT2D eigenvalue weighted by atomic mass is 10.3. The standard InChI is InChI=1S/C12H13BrN4O2/c1-19-8-2-3-9(13)10(6-8)15-12(18)7-17-5-4-11(14)16-17/h2-6H,7H2,1H3,(H2,14,16)(H,15,18). The molecule has 1 amide bonds. The Kier molecular flexibility index (Phi) is 4.06. The van der Waals surface area contributed by atoms with E-state index in [0.29, 0.717) is 17.3 Å². The van der Waals surface area contributed by atoms with E-state index in [2.05, 4.69) is 26.3 Å². The molecular weight excluding hydrogens is 312 g/mol. The maximum Gasteiger partial charge on any atom is 0.246 e. The van der Waals surface area contributed by atoms with Crippen LogP contribution in [-0.2, 0) is 11.3 Å².